The summed E-state index contributed by atoms with van der Waals surface area (Å²) in [5, 5.41) is 1.02. The summed E-state index contributed by atoms with van der Waals surface area (Å²) in [6, 6.07) is 18.1. The van der Waals surface area contributed by atoms with Gasteiger partial charge in [0.2, 0.25) is 11.9 Å². The molecule has 1 aliphatic heterocycles. The van der Waals surface area contributed by atoms with Crippen LogP contribution in [0.25, 0.3) is 22.2 Å². The van der Waals surface area contributed by atoms with E-state index in [-0.39, 0.29) is 5.91 Å². The Labute approximate surface area is 153 Å². The number of hydrogen-bond acceptors (Lipinski definition) is 4. The van der Waals surface area contributed by atoms with E-state index in [0.29, 0.717) is 12.5 Å². The van der Waals surface area contributed by atoms with E-state index < -0.39 is 0 Å². The minimum atomic E-state index is 0.142. The Morgan fingerprint density at radius 3 is 2.46 bits per heavy atom. The van der Waals surface area contributed by atoms with E-state index in [4.69, 9.17) is 4.98 Å². The van der Waals surface area contributed by atoms with Crippen LogP contribution >= 0.6 is 0 Å². The number of likely N-dealkylation sites (tertiary alicyclic amines) is 1. The summed E-state index contributed by atoms with van der Waals surface area (Å²) in [7, 11) is 1.88. The second-order valence-electron chi connectivity index (χ2n) is 6.70. The Morgan fingerprint density at radius 1 is 1.00 bits per heavy atom. The first-order valence-corrected chi connectivity index (χ1v) is 9.03. The molecule has 0 aliphatic carbocycles. The monoisotopic (exact) mass is 346 g/mol. The molecule has 0 unspecified atom stereocenters. The summed E-state index contributed by atoms with van der Waals surface area (Å²) in [6.07, 6.45) is 2.19. The van der Waals surface area contributed by atoms with E-state index in [1.165, 1.54) is 0 Å². The molecule has 2 heterocycles. The standard InChI is InChI=1S/C21H22N4O/c1-24(15-19(26)25-13-7-8-14-25)21-22-18-12-6-5-11-17(18)20(23-21)16-9-3-2-4-10-16/h2-6,9-12H,7-8,13-15H2,1H3. The Bertz CT molecular complexity index is 920. The first kappa shape index (κ1) is 16.5. The topological polar surface area (TPSA) is 49.3 Å². The summed E-state index contributed by atoms with van der Waals surface area (Å²) < 4.78 is 0. The van der Waals surface area contributed by atoms with Gasteiger partial charge in [0.05, 0.1) is 17.8 Å². The molecule has 0 spiro atoms. The molecular formula is C21H22N4O. The lowest BCUT2D eigenvalue weighted by atomic mass is 10.1. The van der Waals surface area contributed by atoms with Crippen LogP contribution in [0.4, 0.5) is 5.95 Å². The summed E-state index contributed by atoms with van der Waals surface area (Å²) >= 11 is 0. The van der Waals surface area contributed by atoms with Gasteiger partial charge < -0.3 is 9.80 Å². The highest BCUT2D eigenvalue weighted by molar-refractivity contribution is 5.93. The number of rotatable bonds is 4. The number of carbonyl (C=O) groups excluding carboxylic acids is 1. The fraction of sp³-hybridized carbons (Fsp3) is 0.286. The molecule has 0 radical (unpaired) electrons. The predicted molar refractivity (Wildman–Crippen MR) is 104 cm³/mol. The van der Waals surface area contributed by atoms with Gasteiger partial charge in [0.25, 0.3) is 0 Å². The summed E-state index contributed by atoms with van der Waals surface area (Å²) in [5.74, 6) is 0.720. The Hall–Kier alpha value is -2.95. The summed E-state index contributed by atoms with van der Waals surface area (Å²) in [4.78, 5) is 25.7. The fourth-order valence-electron chi connectivity index (χ4n) is 3.39. The van der Waals surface area contributed by atoms with Gasteiger partial charge in [-0.15, -0.1) is 0 Å². The van der Waals surface area contributed by atoms with Crippen molar-refractivity contribution in [1.82, 2.24) is 14.9 Å². The maximum Gasteiger partial charge on any atom is 0.242 e. The van der Waals surface area contributed by atoms with Crippen LogP contribution in [0.15, 0.2) is 54.6 Å². The van der Waals surface area contributed by atoms with Gasteiger partial charge in [-0.05, 0) is 18.9 Å². The molecule has 1 aliphatic rings. The van der Waals surface area contributed by atoms with E-state index in [1.54, 1.807) is 0 Å². The average molecular weight is 346 g/mol. The number of benzene rings is 2. The third kappa shape index (κ3) is 3.25. The van der Waals surface area contributed by atoms with Crippen molar-refractivity contribution in [3.05, 3.63) is 54.6 Å². The van der Waals surface area contributed by atoms with Crippen LogP contribution < -0.4 is 4.90 Å². The molecule has 0 bridgehead atoms. The molecular weight excluding hydrogens is 324 g/mol. The van der Waals surface area contributed by atoms with Crippen molar-refractivity contribution in [2.24, 2.45) is 0 Å². The quantitative estimate of drug-likeness (QED) is 0.727. The van der Waals surface area contributed by atoms with E-state index in [9.17, 15) is 4.79 Å². The predicted octanol–water partition coefficient (Wildman–Crippen LogP) is 3.36. The zero-order valence-electron chi connectivity index (χ0n) is 14.9. The number of hydrogen-bond donors (Lipinski definition) is 0. The van der Waals surface area contributed by atoms with Crippen LogP contribution in [0.3, 0.4) is 0 Å². The van der Waals surface area contributed by atoms with E-state index >= 15 is 0 Å². The summed E-state index contributed by atoms with van der Waals surface area (Å²) in [6.45, 7) is 2.02. The van der Waals surface area contributed by atoms with Crippen molar-refractivity contribution in [2.75, 3.05) is 31.6 Å². The van der Waals surface area contributed by atoms with Crippen molar-refractivity contribution >= 4 is 22.8 Å². The largest absolute Gasteiger partial charge is 0.341 e. The van der Waals surface area contributed by atoms with Gasteiger partial charge in [0.15, 0.2) is 0 Å². The lowest BCUT2D eigenvalue weighted by molar-refractivity contribution is -0.128. The third-order valence-electron chi connectivity index (χ3n) is 4.81. The normalized spacial score (nSPS) is 14.0. The van der Waals surface area contributed by atoms with E-state index in [2.05, 4.69) is 4.98 Å². The highest BCUT2D eigenvalue weighted by Gasteiger charge is 2.21. The van der Waals surface area contributed by atoms with Crippen LogP contribution in [-0.2, 0) is 4.79 Å². The number of para-hydroxylation sites is 1. The van der Waals surface area contributed by atoms with E-state index in [0.717, 1.165) is 48.1 Å². The molecule has 4 rings (SSSR count). The molecule has 3 aromatic rings. The minimum Gasteiger partial charge on any atom is -0.341 e. The van der Waals surface area contributed by atoms with Gasteiger partial charge >= 0.3 is 0 Å². The average Bonchev–Trinajstić information content (AvgIpc) is 3.23. The van der Waals surface area contributed by atoms with Crippen molar-refractivity contribution in [3.63, 3.8) is 0 Å². The van der Waals surface area contributed by atoms with Crippen LogP contribution in [0.2, 0.25) is 0 Å². The van der Waals surface area contributed by atoms with E-state index in [1.807, 2.05) is 71.4 Å². The van der Waals surface area contributed by atoms with Crippen LogP contribution in [0, 0.1) is 0 Å². The lowest BCUT2D eigenvalue weighted by Crippen LogP contribution is -2.37. The number of amides is 1. The third-order valence-corrected chi connectivity index (χ3v) is 4.81. The molecule has 1 saturated heterocycles. The van der Waals surface area contributed by atoms with Gasteiger partial charge in [0.1, 0.15) is 0 Å². The SMILES string of the molecule is CN(CC(=O)N1CCCC1)c1nc(-c2ccccc2)c2ccccc2n1. The molecule has 26 heavy (non-hydrogen) atoms. The Balaban J connectivity index is 1.70. The second-order valence-corrected chi connectivity index (χ2v) is 6.70. The van der Waals surface area contributed by atoms with Crippen LogP contribution in [-0.4, -0.2) is 47.5 Å². The molecule has 5 heteroatoms. The Kier molecular flexibility index (Phi) is 4.52. The first-order chi connectivity index (χ1) is 12.7. The van der Waals surface area contributed by atoms with Crippen molar-refractivity contribution in [1.29, 1.82) is 0 Å². The maximum absolute atomic E-state index is 12.5. The first-order valence-electron chi connectivity index (χ1n) is 9.03. The lowest BCUT2D eigenvalue weighted by Gasteiger charge is -2.22. The number of fused-ring (bicyclic) bond motifs is 1. The van der Waals surface area contributed by atoms with Crippen molar-refractivity contribution in [3.8, 4) is 11.3 Å². The summed E-state index contributed by atoms with van der Waals surface area (Å²) in [5.41, 5.74) is 2.83. The molecule has 2 aromatic carbocycles. The number of nitrogens with zero attached hydrogens (tertiary/aromatic N) is 4. The van der Waals surface area contributed by atoms with Gasteiger partial charge in [-0.1, -0.05) is 48.5 Å². The molecule has 1 amide bonds. The highest BCUT2D eigenvalue weighted by Crippen LogP contribution is 2.27. The molecule has 0 atom stereocenters. The molecule has 0 N–H and O–H groups in total. The number of aromatic nitrogens is 2. The number of carbonyl (C=O) groups is 1. The van der Waals surface area contributed by atoms with Crippen molar-refractivity contribution < 1.29 is 4.79 Å². The highest BCUT2D eigenvalue weighted by atomic mass is 16.2. The van der Waals surface area contributed by atoms with Crippen LogP contribution in [0.5, 0.6) is 0 Å². The smallest absolute Gasteiger partial charge is 0.242 e. The minimum absolute atomic E-state index is 0.142. The molecule has 0 saturated carbocycles. The maximum atomic E-state index is 12.5. The zero-order valence-corrected chi connectivity index (χ0v) is 14.9. The molecule has 1 fully saturated rings. The van der Waals surface area contributed by atoms with Gasteiger partial charge in [-0.25, -0.2) is 9.97 Å². The molecule has 5 nitrogen and oxygen atoms in total. The van der Waals surface area contributed by atoms with Crippen LogP contribution in [0.1, 0.15) is 12.8 Å². The number of likely N-dealkylation sites (N-methyl/N-ethyl adjacent to an activating group) is 1. The number of anilines is 1. The van der Waals surface area contributed by atoms with Crippen molar-refractivity contribution in [2.45, 2.75) is 12.8 Å². The van der Waals surface area contributed by atoms with Gasteiger partial charge in [-0.2, -0.15) is 0 Å². The molecule has 1 aromatic heterocycles. The zero-order chi connectivity index (χ0) is 17.9. The fourth-order valence-corrected chi connectivity index (χ4v) is 3.39. The van der Waals surface area contributed by atoms with Gasteiger partial charge in [0, 0.05) is 31.1 Å². The molecule has 132 valence electrons. The second kappa shape index (κ2) is 7.12. The van der Waals surface area contributed by atoms with Gasteiger partial charge in [-0.3, -0.25) is 4.79 Å². The Morgan fingerprint density at radius 2 is 1.69 bits per heavy atom.